The van der Waals surface area contributed by atoms with Crippen LogP contribution in [0.2, 0.25) is 5.02 Å². The topological polar surface area (TPSA) is 38.0 Å². The van der Waals surface area contributed by atoms with Gasteiger partial charge in [-0.2, -0.15) is 0 Å². The minimum atomic E-state index is -1.01. The van der Waals surface area contributed by atoms with E-state index >= 15 is 0 Å². The molecule has 1 atom stereocenters. The van der Waals surface area contributed by atoms with E-state index < -0.39 is 23.5 Å². The minimum Gasteiger partial charge on any atom is -0.271 e. The van der Waals surface area contributed by atoms with Gasteiger partial charge in [-0.25, -0.2) is 18.6 Å². The molecule has 0 bridgehead atoms. The maximum absolute atomic E-state index is 13.2. The molecule has 0 saturated heterocycles. The zero-order valence-corrected chi connectivity index (χ0v) is 10.4. The van der Waals surface area contributed by atoms with Crippen molar-refractivity contribution in [2.45, 2.75) is 6.04 Å². The van der Waals surface area contributed by atoms with E-state index in [1.54, 1.807) is 0 Å². The van der Waals surface area contributed by atoms with Gasteiger partial charge in [0.15, 0.2) is 11.6 Å². The first kappa shape index (κ1) is 13.9. The Morgan fingerprint density at radius 2 is 1.74 bits per heavy atom. The zero-order chi connectivity index (χ0) is 14.0. The molecule has 1 unspecified atom stereocenters. The van der Waals surface area contributed by atoms with Crippen LogP contribution in [0.5, 0.6) is 0 Å². The maximum atomic E-state index is 13.2. The Labute approximate surface area is 113 Å². The molecule has 0 aromatic heterocycles. The highest BCUT2D eigenvalue weighted by Gasteiger charge is 2.18. The van der Waals surface area contributed by atoms with E-state index in [1.165, 1.54) is 24.3 Å². The van der Waals surface area contributed by atoms with Gasteiger partial charge < -0.3 is 0 Å². The van der Waals surface area contributed by atoms with Crippen molar-refractivity contribution in [3.8, 4) is 0 Å². The minimum absolute atomic E-state index is 0.272. The predicted molar refractivity (Wildman–Crippen MR) is 66.9 cm³/mol. The van der Waals surface area contributed by atoms with Crippen molar-refractivity contribution in [3.63, 3.8) is 0 Å². The normalized spacial score (nSPS) is 12.5. The van der Waals surface area contributed by atoms with Gasteiger partial charge in [0.1, 0.15) is 5.82 Å². The SMILES string of the molecule is NNC(c1ccc(F)c(F)c1)c1cc(F)ccc1Cl. The third-order valence-corrected chi connectivity index (χ3v) is 3.06. The second-order valence-corrected chi connectivity index (χ2v) is 4.35. The van der Waals surface area contributed by atoms with Gasteiger partial charge in [0, 0.05) is 5.02 Å². The van der Waals surface area contributed by atoms with Crippen LogP contribution in [0.25, 0.3) is 0 Å². The van der Waals surface area contributed by atoms with Gasteiger partial charge in [0.2, 0.25) is 0 Å². The molecule has 6 heteroatoms. The maximum Gasteiger partial charge on any atom is 0.159 e. The summed E-state index contributed by atoms with van der Waals surface area (Å²) in [6.07, 6.45) is 0. The highest BCUT2D eigenvalue weighted by Crippen LogP contribution is 2.29. The Morgan fingerprint density at radius 3 is 2.37 bits per heavy atom. The van der Waals surface area contributed by atoms with Gasteiger partial charge >= 0.3 is 0 Å². The van der Waals surface area contributed by atoms with Gasteiger partial charge in [-0.05, 0) is 41.5 Å². The molecule has 0 aliphatic rings. The molecular formula is C13H10ClF3N2. The molecule has 0 aliphatic carbocycles. The quantitative estimate of drug-likeness (QED) is 0.671. The molecule has 0 amide bonds. The van der Waals surface area contributed by atoms with Crippen molar-refractivity contribution in [3.05, 3.63) is 70.0 Å². The first-order chi connectivity index (χ1) is 9.02. The molecule has 2 rings (SSSR count). The molecule has 0 radical (unpaired) electrons. The third kappa shape index (κ3) is 2.89. The molecule has 0 spiro atoms. The van der Waals surface area contributed by atoms with E-state index in [9.17, 15) is 13.2 Å². The number of benzene rings is 2. The number of nitrogens with one attached hydrogen (secondary N) is 1. The number of hydrazine groups is 1. The average molecular weight is 287 g/mol. The van der Waals surface area contributed by atoms with Crippen LogP contribution in [-0.2, 0) is 0 Å². The van der Waals surface area contributed by atoms with E-state index in [0.29, 0.717) is 11.1 Å². The number of rotatable bonds is 3. The first-order valence-electron chi connectivity index (χ1n) is 5.39. The summed E-state index contributed by atoms with van der Waals surface area (Å²) in [5.74, 6) is 2.92. The monoisotopic (exact) mass is 286 g/mol. The molecule has 0 aliphatic heterocycles. The second kappa shape index (κ2) is 5.61. The fraction of sp³-hybridized carbons (Fsp3) is 0.0769. The van der Waals surface area contributed by atoms with E-state index in [4.69, 9.17) is 17.4 Å². The molecule has 19 heavy (non-hydrogen) atoms. The summed E-state index contributed by atoms with van der Waals surface area (Å²) < 4.78 is 39.4. The van der Waals surface area contributed by atoms with Gasteiger partial charge in [0.05, 0.1) is 6.04 Å². The summed E-state index contributed by atoms with van der Waals surface area (Å²) in [5.41, 5.74) is 3.09. The van der Waals surface area contributed by atoms with E-state index in [0.717, 1.165) is 12.1 Å². The van der Waals surface area contributed by atoms with Crippen molar-refractivity contribution in [1.82, 2.24) is 5.43 Å². The van der Waals surface area contributed by atoms with Gasteiger partial charge in [-0.15, -0.1) is 0 Å². The summed E-state index contributed by atoms with van der Waals surface area (Å²) in [6.45, 7) is 0. The highest BCUT2D eigenvalue weighted by molar-refractivity contribution is 6.31. The molecule has 0 saturated carbocycles. The molecule has 100 valence electrons. The molecule has 2 aromatic carbocycles. The Morgan fingerprint density at radius 1 is 1.00 bits per heavy atom. The fourth-order valence-electron chi connectivity index (χ4n) is 1.79. The van der Waals surface area contributed by atoms with Crippen LogP contribution >= 0.6 is 11.6 Å². The lowest BCUT2D eigenvalue weighted by Crippen LogP contribution is -2.29. The molecule has 0 heterocycles. The highest BCUT2D eigenvalue weighted by atomic mass is 35.5. The van der Waals surface area contributed by atoms with E-state index in [-0.39, 0.29) is 5.02 Å². The number of hydrogen-bond acceptors (Lipinski definition) is 2. The van der Waals surface area contributed by atoms with Crippen molar-refractivity contribution in [2.75, 3.05) is 0 Å². The van der Waals surface area contributed by atoms with E-state index in [2.05, 4.69) is 5.43 Å². The first-order valence-corrected chi connectivity index (χ1v) is 5.76. The largest absolute Gasteiger partial charge is 0.271 e. The van der Waals surface area contributed by atoms with Crippen LogP contribution in [0.1, 0.15) is 17.2 Å². The van der Waals surface area contributed by atoms with Crippen molar-refractivity contribution >= 4 is 11.6 Å². The van der Waals surface area contributed by atoms with Crippen molar-refractivity contribution in [1.29, 1.82) is 0 Å². The van der Waals surface area contributed by atoms with E-state index in [1.807, 2.05) is 0 Å². The molecule has 3 N–H and O–H groups in total. The zero-order valence-electron chi connectivity index (χ0n) is 9.63. The van der Waals surface area contributed by atoms with Crippen LogP contribution in [0, 0.1) is 17.5 Å². The summed E-state index contributed by atoms with van der Waals surface area (Å²) in [4.78, 5) is 0. The summed E-state index contributed by atoms with van der Waals surface area (Å²) in [5, 5.41) is 0.272. The molecule has 2 aromatic rings. The lowest BCUT2D eigenvalue weighted by Gasteiger charge is -2.18. The fourth-order valence-corrected chi connectivity index (χ4v) is 2.02. The summed E-state index contributed by atoms with van der Waals surface area (Å²) in [6, 6.07) is 6.33. The molecule has 2 nitrogen and oxygen atoms in total. The van der Waals surface area contributed by atoms with Crippen molar-refractivity contribution in [2.24, 2.45) is 5.84 Å². The Kier molecular flexibility index (Phi) is 4.09. The second-order valence-electron chi connectivity index (χ2n) is 3.94. The Balaban J connectivity index is 2.49. The number of hydrogen-bond donors (Lipinski definition) is 2. The lowest BCUT2D eigenvalue weighted by molar-refractivity contribution is 0.503. The Bertz CT molecular complexity index is 604. The lowest BCUT2D eigenvalue weighted by atomic mass is 9.99. The van der Waals surface area contributed by atoms with Crippen LogP contribution in [0.15, 0.2) is 36.4 Å². The van der Waals surface area contributed by atoms with Crippen LogP contribution in [0.4, 0.5) is 13.2 Å². The molecule has 0 fully saturated rings. The number of nitrogens with two attached hydrogens (primary N) is 1. The Hall–Kier alpha value is -1.56. The molecular weight excluding hydrogens is 277 g/mol. The summed E-state index contributed by atoms with van der Waals surface area (Å²) >= 11 is 5.96. The van der Waals surface area contributed by atoms with Gasteiger partial charge in [-0.3, -0.25) is 5.84 Å². The smallest absolute Gasteiger partial charge is 0.159 e. The van der Waals surface area contributed by atoms with Crippen LogP contribution in [0.3, 0.4) is 0 Å². The van der Waals surface area contributed by atoms with Gasteiger partial charge in [-0.1, -0.05) is 17.7 Å². The van der Waals surface area contributed by atoms with Crippen molar-refractivity contribution < 1.29 is 13.2 Å². The predicted octanol–water partition coefficient (Wildman–Crippen LogP) is 3.31. The van der Waals surface area contributed by atoms with Crippen LogP contribution in [-0.4, -0.2) is 0 Å². The standard InChI is InChI=1S/C13H10ClF3N2/c14-10-3-2-8(15)6-9(10)13(19-18)7-1-4-11(16)12(17)5-7/h1-6,13,19H,18H2. The van der Waals surface area contributed by atoms with Gasteiger partial charge in [0.25, 0.3) is 0 Å². The average Bonchev–Trinajstić information content (AvgIpc) is 2.38. The third-order valence-electron chi connectivity index (χ3n) is 2.71. The number of halogens is 4. The summed E-state index contributed by atoms with van der Waals surface area (Å²) in [7, 11) is 0. The van der Waals surface area contributed by atoms with Crippen LogP contribution < -0.4 is 11.3 Å².